The third-order valence-corrected chi connectivity index (χ3v) is 4.59. The second kappa shape index (κ2) is 6.57. The molecule has 0 aliphatic carbocycles. The average molecular weight is 307 g/mol. The first kappa shape index (κ1) is 17.3. The fourth-order valence-corrected chi connectivity index (χ4v) is 3.41. The molecule has 0 saturated heterocycles. The van der Waals surface area contributed by atoms with Crippen LogP contribution in [-0.4, -0.2) is 46.5 Å². The highest BCUT2D eigenvalue weighted by Crippen LogP contribution is 2.43. The van der Waals surface area contributed by atoms with Crippen LogP contribution in [0.4, 0.5) is 0 Å². The van der Waals surface area contributed by atoms with Crippen molar-refractivity contribution < 1.29 is 14.9 Å². The number of benzene rings is 1. The Morgan fingerprint density at radius 2 is 2.00 bits per heavy atom. The van der Waals surface area contributed by atoms with Gasteiger partial charge >= 0.3 is 0 Å². The Morgan fingerprint density at radius 1 is 1.32 bits per heavy atom. The molecule has 0 aromatic heterocycles. The van der Waals surface area contributed by atoms with Crippen LogP contribution in [0.2, 0.25) is 0 Å². The molecule has 0 amide bonds. The van der Waals surface area contributed by atoms with Gasteiger partial charge < -0.3 is 14.9 Å². The van der Waals surface area contributed by atoms with Crippen molar-refractivity contribution in [3.63, 3.8) is 0 Å². The predicted octanol–water partition coefficient (Wildman–Crippen LogP) is 2.70. The molecular formula is C18H29NO3. The number of aliphatic hydroxyl groups is 2. The minimum absolute atomic E-state index is 0.0754. The summed E-state index contributed by atoms with van der Waals surface area (Å²) in [6.07, 6.45) is -0.621. The van der Waals surface area contributed by atoms with Crippen LogP contribution in [0.1, 0.15) is 57.8 Å². The molecule has 22 heavy (non-hydrogen) atoms. The standard InChI is InChI=1S/C18H29NO3/c1-6-19(9-10-20)17-16(21)14-11-13(12(2)3)7-8-15(14)22-18(17,4)5/h7-8,11-12,16-17,20-21H,6,9-10H2,1-5H3. The van der Waals surface area contributed by atoms with E-state index in [-0.39, 0.29) is 12.6 Å². The Bertz CT molecular complexity index is 513. The average Bonchev–Trinajstić information content (AvgIpc) is 2.45. The van der Waals surface area contributed by atoms with Crippen LogP contribution in [0.3, 0.4) is 0 Å². The van der Waals surface area contributed by atoms with E-state index < -0.39 is 11.7 Å². The van der Waals surface area contributed by atoms with Crippen molar-refractivity contribution in [2.75, 3.05) is 19.7 Å². The van der Waals surface area contributed by atoms with E-state index in [9.17, 15) is 10.2 Å². The first-order valence-corrected chi connectivity index (χ1v) is 8.17. The van der Waals surface area contributed by atoms with Crippen molar-refractivity contribution in [2.24, 2.45) is 0 Å². The Morgan fingerprint density at radius 3 is 2.55 bits per heavy atom. The third-order valence-electron chi connectivity index (χ3n) is 4.59. The maximum atomic E-state index is 11.0. The Labute approximate surface area is 133 Å². The topological polar surface area (TPSA) is 52.9 Å². The van der Waals surface area contributed by atoms with Crippen LogP contribution in [0, 0.1) is 0 Å². The summed E-state index contributed by atoms with van der Waals surface area (Å²) in [6, 6.07) is 5.91. The molecule has 1 heterocycles. The molecule has 1 aliphatic rings. The van der Waals surface area contributed by atoms with Gasteiger partial charge in [0.1, 0.15) is 17.5 Å². The normalized spacial score (nSPS) is 23.5. The Kier molecular flexibility index (Phi) is 5.15. The molecule has 0 radical (unpaired) electrons. The molecule has 4 heteroatoms. The summed E-state index contributed by atoms with van der Waals surface area (Å²) < 4.78 is 6.18. The van der Waals surface area contributed by atoms with Crippen LogP contribution < -0.4 is 4.74 Å². The highest BCUT2D eigenvalue weighted by molar-refractivity contribution is 5.43. The van der Waals surface area contributed by atoms with E-state index in [1.165, 1.54) is 5.56 Å². The minimum atomic E-state index is -0.621. The summed E-state index contributed by atoms with van der Waals surface area (Å²) in [5.41, 5.74) is 1.54. The summed E-state index contributed by atoms with van der Waals surface area (Å²) in [5, 5.41) is 20.3. The minimum Gasteiger partial charge on any atom is -0.486 e. The first-order chi connectivity index (χ1) is 10.3. The first-order valence-electron chi connectivity index (χ1n) is 8.17. The highest BCUT2D eigenvalue weighted by atomic mass is 16.5. The second-order valence-corrected chi connectivity index (χ2v) is 6.90. The number of nitrogens with zero attached hydrogens (tertiary/aromatic N) is 1. The summed E-state index contributed by atoms with van der Waals surface area (Å²) >= 11 is 0. The predicted molar refractivity (Wildman–Crippen MR) is 88.3 cm³/mol. The fourth-order valence-electron chi connectivity index (χ4n) is 3.41. The van der Waals surface area contributed by atoms with Gasteiger partial charge in [0.15, 0.2) is 0 Å². The molecule has 1 aromatic rings. The maximum absolute atomic E-state index is 11.0. The number of likely N-dealkylation sites (N-methyl/N-ethyl adjacent to an activating group) is 1. The van der Waals surface area contributed by atoms with E-state index in [4.69, 9.17) is 4.74 Å². The zero-order chi connectivity index (χ0) is 16.5. The van der Waals surface area contributed by atoms with Gasteiger partial charge in [-0.15, -0.1) is 0 Å². The number of hydrogen-bond donors (Lipinski definition) is 2. The van der Waals surface area contributed by atoms with E-state index in [2.05, 4.69) is 30.9 Å². The number of hydrogen-bond acceptors (Lipinski definition) is 4. The molecule has 0 fully saturated rings. The number of aliphatic hydroxyl groups excluding tert-OH is 2. The summed E-state index contributed by atoms with van der Waals surface area (Å²) in [7, 11) is 0. The van der Waals surface area contributed by atoms with Gasteiger partial charge in [-0.05, 0) is 44.0 Å². The zero-order valence-corrected chi connectivity index (χ0v) is 14.3. The smallest absolute Gasteiger partial charge is 0.126 e. The van der Waals surface area contributed by atoms with Crippen molar-refractivity contribution in [3.8, 4) is 5.75 Å². The van der Waals surface area contributed by atoms with Gasteiger partial charge in [0.2, 0.25) is 0 Å². The molecule has 4 nitrogen and oxygen atoms in total. The zero-order valence-electron chi connectivity index (χ0n) is 14.3. The van der Waals surface area contributed by atoms with Crippen LogP contribution in [0.25, 0.3) is 0 Å². The lowest BCUT2D eigenvalue weighted by molar-refractivity contribution is -0.0841. The molecule has 2 N–H and O–H groups in total. The highest BCUT2D eigenvalue weighted by Gasteiger charge is 2.45. The summed E-state index contributed by atoms with van der Waals surface area (Å²) in [6.45, 7) is 11.7. The van der Waals surface area contributed by atoms with Gasteiger partial charge in [-0.3, -0.25) is 4.90 Å². The Hall–Kier alpha value is -1.10. The molecule has 2 atom stereocenters. The lowest BCUT2D eigenvalue weighted by atomic mass is 9.83. The summed E-state index contributed by atoms with van der Waals surface area (Å²) in [4.78, 5) is 2.09. The number of ether oxygens (including phenoxy) is 1. The molecular weight excluding hydrogens is 278 g/mol. The van der Waals surface area contributed by atoms with Gasteiger partial charge in [0.05, 0.1) is 12.6 Å². The molecule has 124 valence electrons. The molecule has 1 aliphatic heterocycles. The fraction of sp³-hybridized carbons (Fsp3) is 0.667. The maximum Gasteiger partial charge on any atom is 0.126 e. The van der Waals surface area contributed by atoms with E-state index in [1.54, 1.807) is 0 Å². The van der Waals surface area contributed by atoms with Crippen LogP contribution in [0.5, 0.6) is 5.75 Å². The number of fused-ring (bicyclic) bond motifs is 1. The molecule has 0 spiro atoms. The van der Waals surface area contributed by atoms with Gasteiger partial charge in [-0.25, -0.2) is 0 Å². The third kappa shape index (κ3) is 3.14. The van der Waals surface area contributed by atoms with E-state index in [0.29, 0.717) is 12.5 Å². The number of rotatable bonds is 5. The van der Waals surface area contributed by atoms with E-state index >= 15 is 0 Å². The van der Waals surface area contributed by atoms with Gasteiger partial charge in [0.25, 0.3) is 0 Å². The molecule has 2 rings (SSSR count). The second-order valence-electron chi connectivity index (χ2n) is 6.90. The lowest BCUT2D eigenvalue weighted by Crippen LogP contribution is -2.58. The lowest BCUT2D eigenvalue weighted by Gasteiger charge is -2.48. The summed E-state index contributed by atoms with van der Waals surface area (Å²) in [5.74, 6) is 1.17. The molecule has 2 unspecified atom stereocenters. The van der Waals surface area contributed by atoms with Gasteiger partial charge in [-0.1, -0.05) is 26.8 Å². The van der Waals surface area contributed by atoms with Gasteiger partial charge in [-0.2, -0.15) is 0 Å². The van der Waals surface area contributed by atoms with E-state index in [0.717, 1.165) is 17.9 Å². The molecule has 0 saturated carbocycles. The largest absolute Gasteiger partial charge is 0.486 e. The van der Waals surface area contributed by atoms with Crippen molar-refractivity contribution in [1.29, 1.82) is 0 Å². The van der Waals surface area contributed by atoms with Crippen molar-refractivity contribution >= 4 is 0 Å². The molecule has 0 bridgehead atoms. The van der Waals surface area contributed by atoms with Crippen LogP contribution in [0.15, 0.2) is 18.2 Å². The van der Waals surface area contributed by atoms with Crippen LogP contribution >= 0.6 is 0 Å². The van der Waals surface area contributed by atoms with E-state index in [1.807, 2.05) is 26.8 Å². The van der Waals surface area contributed by atoms with Crippen molar-refractivity contribution in [1.82, 2.24) is 4.90 Å². The van der Waals surface area contributed by atoms with Crippen LogP contribution in [-0.2, 0) is 0 Å². The van der Waals surface area contributed by atoms with Crippen molar-refractivity contribution in [2.45, 2.75) is 58.3 Å². The molecule has 1 aromatic carbocycles. The quantitative estimate of drug-likeness (QED) is 0.878. The van der Waals surface area contributed by atoms with Gasteiger partial charge in [0, 0.05) is 12.1 Å². The SMILES string of the molecule is CCN(CCO)C1C(O)c2cc(C(C)C)ccc2OC1(C)C. The van der Waals surface area contributed by atoms with Crippen molar-refractivity contribution in [3.05, 3.63) is 29.3 Å². The monoisotopic (exact) mass is 307 g/mol. The Balaban J connectivity index is 2.43.